The van der Waals surface area contributed by atoms with E-state index in [4.69, 9.17) is 28.4 Å². The number of hydrogen-bond donors (Lipinski definition) is 1. The van der Waals surface area contributed by atoms with E-state index in [1.54, 1.807) is 7.11 Å². The number of benzene rings is 2. The van der Waals surface area contributed by atoms with Crippen LogP contribution in [0.5, 0.6) is 0 Å². The van der Waals surface area contributed by atoms with Gasteiger partial charge in [-0.1, -0.05) is 25.6 Å². The topological polar surface area (TPSA) is 129 Å². The van der Waals surface area contributed by atoms with Crippen molar-refractivity contribution < 1.29 is 36.8 Å². The number of piperidine rings is 1. The Hall–Kier alpha value is -2.60. The highest BCUT2D eigenvalue weighted by Gasteiger charge is 2.17. The van der Waals surface area contributed by atoms with Gasteiger partial charge in [0, 0.05) is 32.4 Å². The first kappa shape index (κ1) is 37.6. The van der Waals surface area contributed by atoms with Crippen LogP contribution in [-0.4, -0.2) is 108 Å². The smallest absolute Gasteiger partial charge is 0.250 e. The first-order valence-corrected chi connectivity index (χ1v) is 16.3. The van der Waals surface area contributed by atoms with Crippen LogP contribution in [0.3, 0.4) is 0 Å². The van der Waals surface area contributed by atoms with E-state index >= 15 is 0 Å². The number of nitrogens with zero attached hydrogens (tertiary/aromatic N) is 2. The molecule has 0 atom stereocenters. The summed E-state index contributed by atoms with van der Waals surface area (Å²) in [4.78, 5) is 2.06. The third-order valence-electron chi connectivity index (χ3n) is 6.72. The third kappa shape index (κ3) is 14.0. The monoisotopic (exact) mass is 635 g/mol. The Balaban J connectivity index is 0.00000675. The largest absolute Gasteiger partial charge is 0.382 e. The predicted molar refractivity (Wildman–Crippen MR) is 173 cm³/mol. The summed E-state index contributed by atoms with van der Waals surface area (Å²) in [5.74, 6) is 0. The van der Waals surface area contributed by atoms with Crippen molar-refractivity contribution in [3.63, 3.8) is 0 Å². The number of nitrogens with one attached hydrogen (secondary N) is 1. The summed E-state index contributed by atoms with van der Waals surface area (Å²) in [6.45, 7) is 6.97. The number of fused-ring (bicyclic) bond motifs is 1. The van der Waals surface area contributed by atoms with Gasteiger partial charge in [0.15, 0.2) is 4.91 Å². The molecule has 44 heavy (non-hydrogen) atoms. The first-order valence-electron chi connectivity index (χ1n) is 14.8. The zero-order valence-electron chi connectivity index (χ0n) is 25.1. The summed E-state index contributed by atoms with van der Waals surface area (Å²) >= 11 is 0. The highest BCUT2D eigenvalue weighted by atomic mass is 32.2. The van der Waals surface area contributed by atoms with E-state index in [9.17, 15) is 13.7 Å². The summed E-state index contributed by atoms with van der Waals surface area (Å²) in [7, 11) is -2.34. The number of allylic oxidation sites excluding steroid dienone is 1. The van der Waals surface area contributed by atoms with Gasteiger partial charge < -0.3 is 33.3 Å². The zero-order valence-corrected chi connectivity index (χ0v) is 25.9. The van der Waals surface area contributed by atoms with Crippen molar-refractivity contribution in [1.82, 2.24) is 4.72 Å². The maximum Gasteiger partial charge on any atom is 0.250 e. The Kier molecular flexibility index (Phi) is 18.8. The Morgan fingerprint density at radius 1 is 0.795 bits per heavy atom. The normalized spacial score (nSPS) is 14.0. The minimum atomic E-state index is -3.97. The molecule has 1 aliphatic heterocycles. The molecule has 12 heteroatoms. The lowest BCUT2D eigenvalue weighted by atomic mass is 10.0. The second-order valence-electron chi connectivity index (χ2n) is 9.91. The van der Waals surface area contributed by atoms with E-state index in [0.717, 1.165) is 23.9 Å². The van der Waals surface area contributed by atoms with Crippen molar-refractivity contribution in [1.29, 1.82) is 5.26 Å². The van der Waals surface area contributed by atoms with Gasteiger partial charge in [0.2, 0.25) is 0 Å². The summed E-state index contributed by atoms with van der Waals surface area (Å²) in [6, 6.07) is 13.8. The van der Waals surface area contributed by atoms with Gasteiger partial charge in [-0.15, -0.1) is 0 Å². The molecule has 0 bridgehead atoms. The van der Waals surface area contributed by atoms with E-state index < -0.39 is 10.0 Å². The van der Waals surface area contributed by atoms with Crippen molar-refractivity contribution >= 4 is 32.6 Å². The fourth-order valence-corrected chi connectivity index (χ4v) is 5.38. The molecule has 1 fully saturated rings. The minimum Gasteiger partial charge on any atom is -0.382 e. The number of hydrogen-bond acceptors (Lipinski definition) is 10. The molecule has 1 N–H and O–H groups in total. The number of rotatable bonds is 22. The van der Waals surface area contributed by atoms with Crippen LogP contribution in [0.15, 0.2) is 41.3 Å². The highest BCUT2D eigenvalue weighted by molar-refractivity contribution is 7.93. The van der Waals surface area contributed by atoms with Gasteiger partial charge in [0.1, 0.15) is 6.07 Å². The van der Waals surface area contributed by atoms with Crippen LogP contribution in [0, 0.1) is 11.3 Å². The second-order valence-corrected chi connectivity index (χ2v) is 11.6. The average Bonchev–Trinajstić information content (AvgIpc) is 3.03. The van der Waals surface area contributed by atoms with Gasteiger partial charge in [0.25, 0.3) is 10.0 Å². The molecular formula is C32H49N3O8S. The van der Waals surface area contributed by atoms with Crippen LogP contribution < -0.4 is 9.62 Å². The number of methoxy groups -OCH3 is 1. The van der Waals surface area contributed by atoms with E-state index in [1.165, 1.54) is 31.0 Å². The highest BCUT2D eigenvalue weighted by Crippen LogP contribution is 2.26. The number of ether oxygens (including phenoxy) is 6. The molecule has 0 aliphatic carbocycles. The molecule has 246 valence electrons. The predicted octanol–water partition coefficient (Wildman–Crippen LogP) is 3.98. The molecule has 11 nitrogen and oxygen atoms in total. The second kappa shape index (κ2) is 22.0. The van der Waals surface area contributed by atoms with Gasteiger partial charge in [0.05, 0.1) is 72.7 Å². The van der Waals surface area contributed by atoms with Crippen LogP contribution in [0.2, 0.25) is 0 Å². The lowest BCUT2D eigenvalue weighted by molar-refractivity contribution is -0.0143. The van der Waals surface area contributed by atoms with Crippen molar-refractivity contribution in [2.75, 3.05) is 104 Å². The summed E-state index contributed by atoms with van der Waals surface area (Å²) in [5.41, 5.74) is 1.85. The molecule has 3 rings (SSSR count). The van der Waals surface area contributed by atoms with Crippen LogP contribution in [0.4, 0.5) is 5.69 Å². The number of nitriles is 1. The van der Waals surface area contributed by atoms with E-state index in [0.29, 0.717) is 71.6 Å². The maximum absolute atomic E-state index is 12.7. The molecule has 0 aromatic heterocycles. The standard InChI is InChI=1S/C31H45N3O8S.CH4/c1-37-13-14-39-17-18-41-21-22-42-20-19-40-16-15-38-12-9-33-43(35,36)31(26-32)24-27-5-6-29-25-30(8-7-28(29)23-27)34-10-3-2-4-11-34;/h5-8,23-25,33H,2-4,9-22H2,1H3;1H4/b31-24+;. The third-order valence-corrected chi connectivity index (χ3v) is 8.10. The fraction of sp³-hybridized carbons (Fsp3) is 0.594. The van der Waals surface area contributed by atoms with Gasteiger partial charge in [-0.05, 0) is 59.9 Å². The summed E-state index contributed by atoms with van der Waals surface area (Å²) < 4.78 is 59.7. The van der Waals surface area contributed by atoms with E-state index in [-0.39, 0.29) is 25.5 Å². The Bertz CT molecular complexity index is 1260. The Morgan fingerprint density at radius 3 is 1.89 bits per heavy atom. The fourth-order valence-electron chi connectivity index (χ4n) is 4.46. The van der Waals surface area contributed by atoms with Gasteiger partial charge in [-0.2, -0.15) is 5.26 Å². The maximum atomic E-state index is 12.7. The quantitative estimate of drug-likeness (QED) is 0.150. The van der Waals surface area contributed by atoms with Crippen LogP contribution in [-0.2, 0) is 38.4 Å². The van der Waals surface area contributed by atoms with E-state index in [2.05, 4.69) is 21.8 Å². The molecule has 0 saturated carbocycles. The molecule has 1 heterocycles. The van der Waals surface area contributed by atoms with Gasteiger partial charge in [-0.25, -0.2) is 13.1 Å². The number of anilines is 1. The summed E-state index contributed by atoms with van der Waals surface area (Å²) in [6.07, 6.45) is 5.09. The van der Waals surface area contributed by atoms with Crippen LogP contribution in [0.1, 0.15) is 32.3 Å². The lowest BCUT2D eigenvalue weighted by Crippen LogP contribution is -2.29. The zero-order chi connectivity index (χ0) is 30.6. The number of sulfonamides is 1. The Labute approximate surface area is 263 Å². The molecule has 0 spiro atoms. The molecule has 0 unspecified atom stereocenters. The molecule has 2 aromatic rings. The Morgan fingerprint density at radius 2 is 1.32 bits per heavy atom. The minimum absolute atomic E-state index is 0. The molecule has 2 aromatic carbocycles. The van der Waals surface area contributed by atoms with Crippen molar-refractivity contribution in [3.05, 3.63) is 46.9 Å². The van der Waals surface area contributed by atoms with Crippen molar-refractivity contribution in [2.45, 2.75) is 26.7 Å². The average molecular weight is 636 g/mol. The van der Waals surface area contributed by atoms with Crippen LogP contribution in [0.25, 0.3) is 16.8 Å². The van der Waals surface area contributed by atoms with Crippen molar-refractivity contribution in [2.24, 2.45) is 0 Å². The molecular weight excluding hydrogens is 586 g/mol. The molecule has 0 radical (unpaired) electrons. The molecule has 0 amide bonds. The SMILES string of the molecule is C.COCCOCCOCCOCCOCCOCCNS(=O)(=O)/C(C#N)=C/c1ccc2cc(N3CCCCC3)ccc2c1. The van der Waals surface area contributed by atoms with Gasteiger partial charge in [-0.3, -0.25) is 0 Å². The lowest BCUT2D eigenvalue weighted by Gasteiger charge is -2.29. The van der Waals surface area contributed by atoms with Gasteiger partial charge >= 0.3 is 0 Å². The first-order chi connectivity index (χ1) is 21.0. The molecule has 1 saturated heterocycles. The summed E-state index contributed by atoms with van der Waals surface area (Å²) in [5, 5.41) is 11.6. The molecule has 1 aliphatic rings. The van der Waals surface area contributed by atoms with Crippen molar-refractivity contribution in [3.8, 4) is 6.07 Å². The van der Waals surface area contributed by atoms with Crippen LogP contribution >= 0.6 is 0 Å². The van der Waals surface area contributed by atoms with E-state index in [1.807, 2.05) is 30.3 Å².